The van der Waals surface area contributed by atoms with E-state index in [2.05, 4.69) is 15.5 Å². The number of anilines is 1. The molecule has 0 aliphatic rings. The van der Waals surface area contributed by atoms with Crippen LogP contribution in [0.3, 0.4) is 0 Å². The molecular formula is C13H15N3OS. The Balaban J connectivity index is 2.11. The van der Waals surface area contributed by atoms with Gasteiger partial charge in [-0.2, -0.15) is 5.10 Å². The largest absolute Gasteiger partial charge is 0.307 e. The van der Waals surface area contributed by atoms with Crippen LogP contribution in [0.15, 0.2) is 35.4 Å². The molecule has 0 aliphatic carbocycles. The molecule has 0 aliphatic heterocycles. The third-order valence-corrected chi connectivity index (χ3v) is 3.43. The van der Waals surface area contributed by atoms with Crippen molar-refractivity contribution in [1.82, 2.24) is 10.2 Å². The Hall–Kier alpha value is -1.75. The minimum atomic E-state index is -0.124. The minimum Gasteiger partial charge on any atom is -0.307 e. The Kier molecular flexibility index (Phi) is 4.04. The highest BCUT2D eigenvalue weighted by Gasteiger charge is 2.09. The Morgan fingerprint density at radius 2 is 2.11 bits per heavy atom. The molecule has 0 saturated heterocycles. The van der Waals surface area contributed by atoms with Crippen molar-refractivity contribution in [1.29, 1.82) is 0 Å². The SMILES string of the molecule is CCc1cn[nH]c1NC(=O)c1ccc(SC)cc1. The molecule has 2 rings (SSSR count). The third-order valence-electron chi connectivity index (χ3n) is 2.69. The van der Waals surface area contributed by atoms with Crippen molar-refractivity contribution in [2.75, 3.05) is 11.6 Å². The van der Waals surface area contributed by atoms with E-state index in [1.807, 2.05) is 37.4 Å². The number of rotatable bonds is 4. The summed E-state index contributed by atoms with van der Waals surface area (Å²) in [6.45, 7) is 2.02. The zero-order chi connectivity index (χ0) is 13.0. The molecule has 1 heterocycles. The van der Waals surface area contributed by atoms with Gasteiger partial charge in [-0.15, -0.1) is 11.8 Å². The van der Waals surface area contributed by atoms with Gasteiger partial charge in [0.2, 0.25) is 0 Å². The number of H-pyrrole nitrogens is 1. The number of aromatic nitrogens is 2. The summed E-state index contributed by atoms with van der Waals surface area (Å²) in [6, 6.07) is 7.52. The van der Waals surface area contributed by atoms with Crippen LogP contribution in [0.25, 0.3) is 0 Å². The van der Waals surface area contributed by atoms with Gasteiger partial charge in [0.05, 0.1) is 6.20 Å². The number of thioether (sulfide) groups is 1. The van der Waals surface area contributed by atoms with Gasteiger partial charge in [0.15, 0.2) is 0 Å². The topological polar surface area (TPSA) is 57.8 Å². The van der Waals surface area contributed by atoms with E-state index in [4.69, 9.17) is 0 Å². The molecule has 4 nitrogen and oxygen atoms in total. The Bertz CT molecular complexity index is 533. The average Bonchev–Trinajstić information content (AvgIpc) is 2.86. The van der Waals surface area contributed by atoms with Crippen molar-refractivity contribution in [3.8, 4) is 0 Å². The summed E-state index contributed by atoms with van der Waals surface area (Å²) in [5.74, 6) is 0.554. The van der Waals surface area contributed by atoms with Gasteiger partial charge in [0.1, 0.15) is 5.82 Å². The molecule has 18 heavy (non-hydrogen) atoms. The maximum atomic E-state index is 12.0. The lowest BCUT2D eigenvalue weighted by Gasteiger charge is -2.05. The van der Waals surface area contributed by atoms with Gasteiger partial charge in [0.25, 0.3) is 5.91 Å². The van der Waals surface area contributed by atoms with Crippen molar-refractivity contribution in [2.45, 2.75) is 18.2 Å². The standard InChI is InChI=1S/C13H15N3OS/c1-3-9-8-14-16-12(9)15-13(17)10-4-6-11(18-2)7-5-10/h4-8H,3H2,1-2H3,(H2,14,15,16,17). The Morgan fingerprint density at radius 1 is 1.39 bits per heavy atom. The molecule has 0 bridgehead atoms. The first-order valence-electron chi connectivity index (χ1n) is 5.72. The lowest BCUT2D eigenvalue weighted by Crippen LogP contribution is -2.13. The van der Waals surface area contributed by atoms with Crippen LogP contribution < -0.4 is 5.32 Å². The van der Waals surface area contributed by atoms with E-state index >= 15 is 0 Å². The second kappa shape index (κ2) is 5.73. The molecule has 0 spiro atoms. The first kappa shape index (κ1) is 12.7. The Morgan fingerprint density at radius 3 is 2.72 bits per heavy atom. The van der Waals surface area contributed by atoms with Crippen molar-refractivity contribution >= 4 is 23.5 Å². The molecule has 1 amide bonds. The van der Waals surface area contributed by atoms with E-state index in [1.54, 1.807) is 18.0 Å². The lowest BCUT2D eigenvalue weighted by atomic mass is 10.2. The van der Waals surface area contributed by atoms with E-state index in [9.17, 15) is 4.79 Å². The summed E-state index contributed by atoms with van der Waals surface area (Å²) in [4.78, 5) is 13.2. The van der Waals surface area contributed by atoms with E-state index in [1.165, 1.54) is 0 Å². The molecule has 94 valence electrons. The quantitative estimate of drug-likeness (QED) is 0.832. The van der Waals surface area contributed by atoms with Crippen molar-refractivity contribution < 1.29 is 4.79 Å². The van der Waals surface area contributed by atoms with Gasteiger partial charge in [-0.05, 0) is 36.9 Å². The van der Waals surface area contributed by atoms with Crippen LogP contribution in [-0.2, 0) is 6.42 Å². The first-order chi connectivity index (χ1) is 8.74. The summed E-state index contributed by atoms with van der Waals surface area (Å²) in [7, 11) is 0. The van der Waals surface area contributed by atoms with Crippen LogP contribution in [-0.4, -0.2) is 22.4 Å². The second-order valence-corrected chi connectivity index (χ2v) is 4.69. The zero-order valence-corrected chi connectivity index (χ0v) is 11.2. The molecule has 0 radical (unpaired) electrons. The third kappa shape index (κ3) is 2.73. The van der Waals surface area contributed by atoms with Gasteiger partial charge >= 0.3 is 0 Å². The maximum absolute atomic E-state index is 12.0. The number of carbonyl (C=O) groups is 1. The van der Waals surface area contributed by atoms with Crippen molar-refractivity contribution in [3.63, 3.8) is 0 Å². The molecule has 1 aromatic carbocycles. The first-order valence-corrected chi connectivity index (χ1v) is 6.94. The Labute approximate surface area is 110 Å². The summed E-state index contributed by atoms with van der Waals surface area (Å²) < 4.78 is 0. The van der Waals surface area contributed by atoms with Crippen molar-refractivity contribution in [3.05, 3.63) is 41.6 Å². The van der Waals surface area contributed by atoms with Crippen LogP contribution >= 0.6 is 11.8 Å². The van der Waals surface area contributed by atoms with E-state index in [0.717, 1.165) is 16.9 Å². The molecule has 0 fully saturated rings. The van der Waals surface area contributed by atoms with Crippen molar-refractivity contribution in [2.24, 2.45) is 0 Å². The predicted molar refractivity (Wildman–Crippen MR) is 74.1 cm³/mol. The number of hydrogen-bond acceptors (Lipinski definition) is 3. The van der Waals surface area contributed by atoms with E-state index in [0.29, 0.717) is 11.4 Å². The van der Waals surface area contributed by atoms with Gasteiger partial charge < -0.3 is 5.32 Å². The second-order valence-electron chi connectivity index (χ2n) is 3.81. The van der Waals surface area contributed by atoms with Gasteiger partial charge in [0, 0.05) is 16.0 Å². The highest BCUT2D eigenvalue weighted by Crippen LogP contribution is 2.16. The normalized spacial score (nSPS) is 10.3. The molecule has 2 N–H and O–H groups in total. The molecule has 0 unspecified atom stereocenters. The fourth-order valence-electron chi connectivity index (χ4n) is 1.62. The number of benzene rings is 1. The molecular weight excluding hydrogens is 246 g/mol. The van der Waals surface area contributed by atoms with Gasteiger partial charge in [-0.3, -0.25) is 9.89 Å². The molecule has 2 aromatic rings. The minimum absolute atomic E-state index is 0.124. The summed E-state index contributed by atoms with van der Waals surface area (Å²) in [5.41, 5.74) is 1.65. The van der Waals surface area contributed by atoms with Gasteiger partial charge in [-0.1, -0.05) is 6.92 Å². The fourth-order valence-corrected chi connectivity index (χ4v) is 2.02. The summed E-state index contributed by atoms with van der Waals surface area (Å²) in [5, 5.41) is 9.55. The van der Waals surface area contributed by atoms with E-state index < -0.39 is 0 Å². The van der Waals surface area contributed by atoms with Crippen LogP contribution in [0.2, 0.25) is 0 Å². The molecule has 0 saturated carbocycles. The monoisotopic (exact) mass is 261 g/mol. The lowest BCUT2D eigenvalue weighted by molar-refractivity contribution is 0.102. The number of aryl methyl sites for hydroxylation is 1. The number of hydrogen-bond donors (Lipinski definition) is 2. The molecule has 0 atom stereocenters. The predicted octanol–water partition coefficient (Wildman–Crippen LogP) is 2.95. The van der Waals surface area contributed by atoms with Crippen LogP contribution in [0.5, 0.6) is 0 Å². The van der Waals surface area contributed by atoms with E-state index in [-0.39, 0.29) is 5.91 Å². The van der Waals surface area contributed by atoms with Crippen LogP contribution in [0.4, 0.5) is 5.82 Å². The van der Waals surface area contributed by atoms with Crippen LogP contribution in [0, 0.1) is 0 Å². The summed E-state index contributed by atoms with van der Waals surface area (Å²) in [6.07, 6.45) is 4.57. The summed E-state index contributed by atoms with van der Waals surface area (Å²) >= 11 is 1.65. The van der Waals surface area contributed by atoms with Gasteiger partial charge in [-0.25, -0.2) is 0 Å². The molecule has 5 heteroatoms. The smallest absolute Gasteiger partial charge is 0.256 e. The number of nitrogens with zero attached hydrogens (tertiary/aromatic N) is 1. The number of carbonyl (C=O) groups excluding carboxylic acids is 1. The number of amides is 1. The number of aromatic amines is 1. The zero-order valence-electron chi connectivity index (χ0n) is 10.4. The maximum Gasteiger partial charge on any atom is 0.256 e. The fraction of sp³-hybridized carbons (Fsp3) is 0.231. The highest BCUT2D eigenvalue weighted by atomic mass is 32.2. The average molecular weight is 261 g/mol. The molecule has 1 aromatic heterocycles. The number of nitrogens with one attached hydrogen (secondary N) is 2. The van der Waals surface area contributed by atoms with Crippen LogP contribution in [0.1, 0.15) is 22.8 Å². The highest BCUT2D eigenvalue weighted by molar-refractivity contribution is 7.98.